The molecule has 1 N–H and O–H groups in total. The summed E-state index contributed by atoms with van der Waals surface area (Å²) in [5.41, 5.74) is 4.04. The Morgan fingerprint density at radius 3 is 3.12 bits per heavy atom. The summed E-state index contributed by atoms with van der Waals surface area (Å²) in [4.78, 5) is 15.6. The molecule has 1 atom stereocenters. The SMILES string of the molecule is O=C(O)C1=CC2=C3CCC=CC3=NC2CC1. The fraction of sp³-hybridized carbons (Fsp3) is 0.385. The molecule has 0 aromatic rings. The van der Waals surface area contributed by atoms with Gasteiger partial charge in [0.2, 0.25) is 0 Å². The number of rotatable bonds is 1. The molecular weight excluding hydrogens is 202 g/mol. The predicted molar refractivity (Wildman–Crippen MR) is 61.6 cm³/mol. The van der Waals surface area contributed by atoms with E-state index in [1.807, 2.05) is 6.08 Å². The Hall–Kier alpha value is -1.64. The van der Waals surface area contributed by atoms with Gasteiger partial charge in [-0.25, -0.2) is 4.79 Å². The van der Waals surface area contributed by atoms with Gasteiger partial charge in [-0.2, -0.15) is 0 Å². The lowest BCUT2D eigenvalue weighted by molar-refractivity contribution is -0.132. The van der Waals surface area contributed by atoms with Crippen LogP contribution in [-0.4, -0.2) is 22.8 Å². The van der Waals surface area contributed by atoms with Gasteiger partial charge in [-0.3, -0.25) is 4.99 Å². The smallest absolute Gasteiger partial charge is 0.331 e. The maximum absolute atomic E-state index is 11.0. The summed E-state index contributed by atoms with van der Waals surface area (Å²) in [6.07, 6.45) is 9.58. The number of carbonyl (C=O) groups is 1. The molecule has 0 spiro atoms. The first kappa shape index (κ1) is 9.58. The highest BCUT2D eigenvalue weighted by atomic mass is 16.4. The van der Waals surface area contributed by atoms with E-state index in [1.54, 1.807) is 0 Å². The monoisotopic (exact) mass is 215 g/mol. The molecule has 3 aliphatic rings. The van der Waals surface area contributed by atoms with Crippen LogP contribution in [0.1, 0.15) is 25.7 Å². The molecule has 0 fully saturated rings. The summed E-state index contributed by atoms with van der Waals surface area (Å²) in [5.74, 6) is -0.786. The largest absolute Gasteiger partial charge is 0.478 e. The van der Waals surface area contributed by atoms with Crippen molar-refractivity contribution in [1.29, 1.82) is 0 Å². The standard InChI is InChI=1S/C13H13NO2/c15-13(16)8-5-6-12-10(7-8)9-3-1-2-4-11(9)14-12/h2,4,7,12H,1,3,5-6H2,(H,15,16). The van der Waals surface area contributed by atoms with Crippen molar-refractivity contribution in [1.82, 2.24) is 0 Å². The lowest BCUT2D eigenvalue weighted by Gasteiger charge is -2.18. The van der Waals surface area contributed by atoms with E-state index in [0.29, 0.717) is 12.0 Å². The Labute approximate surface area is 93.9 Å². The van der Waals surface area contributed by atoms with Gasteiger partial charge in [-0.05, 0) is 49.0 Å². The number of fused-ring (bicyclic) bond motifs is 2. The molecule has 1 heterocycles. The van der Waals surface area contributed by atoms with E-state index in [-0.39, 0.29) is 6.04 Å². The fourth-order valence-corrected chi connectivity index (χ4v) is 2.63. The molecule has 0 aromatic carbocycles. The summed E-state index contributed by atoms with van der Waals surface area (Å²) >= 11 is 0. The van der Waals surface area contributed by atoms with E-state index in [4.69, 9.17) is 5.11 Å². The van der Waals surface area contributed by atoms with Crippen LogP contribution < -0.4 is 0 Å². The molecule has 0 bridgehead atoms. The molecule has 3 rings (SSSR count). The van der Waals surface area contributed by atoms with Crippen LogP contribution in [0.25, 0.3) is 0 Å². The molecular formula is C13H13NO2. The van der Waals surface area contributed by atoms with Crippen molar-refractivity contribution in [3.63, 3.8) is 0 Å². The van der Waals surface area contributed by atoms with Crippen molar-refractivity contribution >= 4 is 11.7 Å². The number of hydrogen-bond donors (Lipinski definition) is 1. The number of carboxylic acid groups (broad SMARTS) is 1. The van der Waals surface area contributed by atoms with Crippen LogP contribution in [0.2, 0.25) is 0 Å². The number of aliphatic carboxylic acids is 1. The molecule has 0 aromatic heterocycles. The van der Waals surface area contributed by atoms with Gasteiger partial charge < -0.3 is 5.11 Å². The molecule has 16 heavy (non-hydrogen) atoms. The number of nitrogens with zero attached hydrogens (tertiary/aromatic N) is 1. The first-order valence-corrected chi connectivity index (χ1v) is 5.67. The Kier molecular flexibility index (Phi) is 2.06. The normalized spacial score (nSPS) is 27.1. The molecule has 0 saturated carbocycles. The second-order valence-electron chi connectivity index (χ2n) is 4.42. The third kappa shape index (κ3) is 1.35. The average Bonchev–Trinajstić information content (AvgIpc) is 2.66. The summed E-state index contributed by atoms with van der Waals surface area (Å²) < 4.78 is 0. The lowest BCUT2D eigenvalue weighted by atomic mass is 9.87. The summed E-state index contributed by atoms with van der Waals surface area (Å²) in [5, 5.41) is 9.01. The van der Waals surface area contributed by atoms with Crippen molar-refractivity contribution in [2.75, 3.05) is 0 Å². The summed E-state index contributed by atoms with van der Waals surface area (Å²) in [6, 6.07) is 0.218. The Morgan fingerprint density at radius 2 is 2.31 bits per heavy atom. The molecule has 82 valence electrons. The topological polar surface area (TPSA) is 49.7 Å². The minimum atomic E-state index is -0.786. The highest BCUT2D eigenvalue weighted by Gasteiger charge is 2.30. The van der Waals surface area contributed by atoms with Crippen molar-refractivity contribution in [2.45, 2.75) is 31.7 Å². The van der Waals surface area contributed by atoms with Gasteiger partial charge in [0.05, 0.1) is 11.8 Å². The summed E-state index contributed by atoms with van der Waals surface area (Å²) in [6.45, 7) is 0. The van der Waals surface area contributed by atoms with Gasteiger partial charge in [-0.1, -0.05) is 6.08 Å². The van der Waals surface area contributed by atoms with E-state index in [0.717, 1.165) is 30.5 Å². The van der Waals surface area contributed by atoms with Crippen LogP contribution >= 0.6 is 0 Å². The van der Waals surface area contributed by atoms with E-state index < -0.39 is 5.97 Å². The van der Waals surface area contributed by atoms with Crippen molar-refractivity contribution in [3.05, 3.63) is 34.9 Å². The molecule has 3 heteroatoms. The highest BCUT2D eigenvalue weighted by Crippen LogP contribution is 2.36. The van der Waals surface area contributed by atoms with E-state index in [9.17, 15) is 4.79 Å². The van der Waals surface area contributed by atoms with Crippen LogP contribution in [0.5, 0.6) is 0 Å². The quantitative estimate of drug-likeness (QED) is 0.729. The second-order valence-corrected chi connectivity index (χ2v) is 4.42. The lowest BCUT2D eigenvalue weighted by Crippen LogP contribution is -2.14. The van der Waals surface area contributed by atoms with E-state index >= 15 is 0 Å². The zero-order valence-electron chi connectivity index (χ0n) is 8.94. The van der Waals surface area contributed by atoms with Crippen LogP contribution in [0.3, 0.4) is 0 Å². The molecule has 1 aliphatic heterocycles. The first-order valence-electron chi connectivity index (χ1n) is 5.67. The zero-order chi connectivity index (χ0) is 11.1. The maximum Gasteiger partial charge on any atom is 0.331 e. The highest BCUT2D eigenvalue weighted by molar-refractivity contribution is 6.12. The minimum Gasteiger partial charge on any atom is -0.478 e. The molecule has 0 radical (unpaired) electrons. The van der Waals surface area contributed by atoms with Crippen LogP contribution in [0, 0.1) is 0 Å². The van der Waals surface area contributed by atoms with Crippen molar-refractivity contribution in [2.24, 2.45) is 4.99 Å². The zero-order valence-corrected chi connectivity index (χ0v) is 8.94. The van der Waals surface area contributed by atoms with Gasteiger partial charge in [0, 0.05) is 5.57 Å². The predicted octanol–water partition coefficient (Wildman–Crippen LogP) is 2.26. The van der Waals surface area contributed by atoms with Gasteiger partial charge in [-0.15, -0.1) is 0 Å². The van der Waals surface area contributed by atoms with Crippen molar-refractivity contribution in [3.8, 4) is 0 Å². The Morgan fingerprint density at radius 1 is 1.44 bits per heavy atom. The summed E-state index contributed by atoms with van der Waals surface area (Å²) in [7, 11) is 0. The van der Waals surface area contributed by atoms with Crippen molar-refractivity contribution < 1.29 is 9.90 Å². The van der Waals surface area contributed by atoms with Gasteiger partial charge in [0.1, 0.15) is 0 Å². The number of hydrogen-bond acceptors (Lipinski definition) is 2. The minimum absolute atomic E-state index is 0.218. The molecule has 0 saturated heterocycles. The Bertz CT molecular complexity index is 480. The first-order chi connectivity index (χ1) is 7.75. The van der Waals surface area contributed by atoms with E-state index in [1.165, 1.54) is 5.57 Å². The van der Waals surface area contributed by atoms with Crippen LogP contribution in [0.15, 0.2) is 39.9 Å². The number of carboxylic acids is 1. The van der Waals surface area contributed by atoms with Crippen LogP contribution in [0.4, 0.5) is 0 Å². The molecule has 2 aliphatic carbocycles. The number of aliphatic imine (C=N–C) groups is 1. The van der Waals surface area contributed by atoms with Gasteiger partial charge in [0.15, 0.2) is 0 Å². The molecule has 1 unspecified atom stereocenters. The number of allylic oxidation sites excluding steroid dienone is 3. The Balaban J connectivity index is 2.05. The van der Waals surface area contributed by atoms with Gasteiger partial charge in [0.25, 0.3) is 0 Å². The maximum atomic E-state index is 11.0. The molecule has 0 amide bonds. The van der Waals surface area contributed by atoms with Gasteiger partial charge >= 0.3 is 5.97 Å². The fourth-order valence-electron chi connectivity index (χ4n) is 2.63. The average molecular weight is 215 g/mol. The van der Waals surface area contributed by atoms with E-state index in [2.05, 4.69) is 17.1 Å². The third-order valence-electron chi connectivity index (χ3n) is 3.44. The van der Waals surface area contributed by atoms with Crippen LogP contribution in [-0.2, 0) is 4.79 Å². The molecule has 3 nitrogen and oxygen atoms in total. The second kappa shape index (κ2) is 3.44. The third-order valence-corrected chi connectivity index (χ3v) is 3.44.